The number of alkyl halides is 3. The van der Waals surface area contributed by atoms with Gasteiger partial charge in [0.2, 0.25) is 11.8 Å². The minimum atomic E-state index is -4.85. The second-order valence-electron chi connectivity index (χ2n) is 7.04. The maximum absolute atomic E-state index is 12.5. The van der Waals surface area contributed by atoms with Crippen LogP contribution in [0.1, 0.15) is 32.1 Å². The van der Waals surface area contributed by atoms with Crippen LogP contribution in [-0.4, -0.2) is 36.7 Å². The number of hydrogen-bond donors (Lipinski definition) is 1. The molecule has 2 amide bonds. The van der Waals surface area contributed by atoms with Crippen molar-refractivity contribution in [2.75, 3.05) is 11.4 Å². The van der Waals surface area contributed by atoms with Crippen molar-refractivity contribution in [2.24, 2.45) is 5.41 Å². The van der Waals surface area contributed by atoms with E-state index in [1.165, 1.54) is 17.0 Å². The first-order valence-corrected chi connectivity index (χ1v) is 8.78. The summed E-state index contributed by atoms with van der Waals surface area (Å²) in [4.78, 5) is 37.2. The number of rotatable bonds is 6. The van der Waals surface area contributed by atoms with Crippen molar-refractivity contribution in [3.8, 4) is 5.75 Å². The van der Waals surface area contributed by atoms with E-state index in [2.05, 4.69) is 10.1 Å². The van der Waals surface area contributed by atoms with Crippen LogP contribution in [0.25, 0.3) is 0 Å². The quantitative estimate of drug-likeness (QED) is 0.542. The van der Waals surface area contributed by atoms with Gasteiger partial charge in [0.15, 0.2) is 0 Å². The van der Waals surface area contributed by atoms with E-state index in [1.54, 1.807) is 0 Å². The van der Waals surface area contributed by atoms with Crippen LogP contribution in [0.2, 0.25) is 0 Å². The molecule has 1 aliphatic carbocycles. The molecule has 11 heteroatoms. The van der Waals surface area contributed by atoms with Crippen molar-refractivity contribution in [2.45, 2.75) is 44.5 Å². The Kier molecular flexibility index (Phi) is 7.23. The third-order valence-electron chi connectivity index (χ3n) is 5.15. The average Bonchev–Trinajstić information content (AvgIpc) is 2.90. The van der Waals surface area contributed by atoms with Crippen LogP contribution in [-0.2, 0) is 14.4 Å². The number of amides is 2. The number of carboxylic acid groups (broad SMARTS) is 1. The van der Waals surface area contributed by atoms with Crippen LogP contribution in [0, 0.1) is 5.41 Å². The summed E-state index contributed by atoms with van der Waals surface area (Å²) in [6.07, 6.45) is -3.42. The molecule has 0 aromatic heterocycles. The third-order valence-corrected chi connectivity index (χ3v) is 5.15. The third kappa shape index (κ3) is 5.43. The van der Waals surface area contributed by atoms with Crippen LogP contribution < -0.4 is 49.6 Å². The van der Waals surface area contributed by atoms with Crippen molar-refractivity contribution < 1.29 is 67.0 Å². The Hall–Kier alpha value is -1.78. The summed E-state index contributed by atoms with van der Waals surface area (Å²) in [5, 5.41) is 13.8. The molecule has 1 N–H and O–H groups in total. The Morgan fingerprint density at radius 3 is 2.55 bits per heavy atom. The fourth-order valence-corrected chi connectivity index (χ4v) is 3.53. The van der Waals surface area contributed by atoms with Gasteiger partial charge in [0.25, 0.3) is 0 Å². The molecule has 0 spiro atoms. The van der Waals surface area contributed by atoms with Crippen LogP contribution in [0.15, 0.2) is 24.3 Å². The zero-order valence-electron chi connectivity index (χ0n) is 15.8. The van der Waals surface area contributed by atoms with Crippen LogP contribution in [0.5, 0.6) is 5.75 Å². The van der Waals surface area contributed by atoms with Crippen LogP contribution in [0.4, 0.5) is 18.9 Å². The summed E-state index contributed by atoms with van der Waals surface area (Å²) < 4.78 is 40.9. The second-order valence-corrected chi connectivity index (χ2v) is 7.04. The molecule has 1 aromatic carbocycles. The maximum Gasteiger partial charge on any atom is 1.00 e. The van der Waals surface area contributed by atoms with Gasteiger partial charge < -0.3 is 24.9 Å². The molecule has 1 saturated heterocycles. The largest absolute Gasteiger partial charge is 1.00 e. The number of carboxylic acids is 1. The number of carbonyl (C=O) groups is 3. The molecule has 1 saturated carbocycles. The molecule has 3 rings (SSSR count). The van der Waals surface area contributed by atoms with Crippen LogP contribution in [0.3, 0.4) is 0 Å². The van der Waals surface area contributed by atoms with Gasteiger partial charge in [0.1, 0.15) is 11.8 Å². The zero-order chi connectivity index (χ0) is 20.5. The van der Waals surface area contributed by atoms with E-state index in [0.717, 1.165) is 12.1 Å². The molecule has 7 nitrogen and oxygen atoms in total. The van der Waals surface area contributed by atoms with E-state index < -0.39 is 41.4 Å². The Balaban J connectivity index is 0.00000300. The molecule has 1 aliphatic heterocycles. The Morgan fingerprint density at radius 1 is 1.31 bits per heavy atom. The molecule has 1 heterocycles. The predicted molar refractivity (Wildman–Crippen MR) is 87.9 cm³/mol. The SMILES string of the molecule is O=C(CC1(C(=O)[O-])CCC1)NC1CCN(c2cccc(OC(F)(F)F)c2)C1=O.[Na+]. The van der Waals surface area contributed by atoms with Crippen LogP contribution >= 0.6 is 0 Å². The van der Waals surface area contributed by atoms with E-state index >= 15 is 0 Å². The summed E-state index contributed by atoms with van der Waals surface area (Å²) in [5.74, 6) is -2.76. The molecule has 0 bridgehead atoms. The molecule has 1 aromatic rings. The van der Waals surface area contributed by atoms with E-state index in [0.29, 0.717) is 19.3 Å². The Morgan fingerprint density at radius 2 is 2.00 bits per heavy atom. The molecule has 0 radical (unpaired) electrons. The minimum Gasteiger partial charge on any atom is -0.550 e. The summed E-state index contributed by atoms with van der Waals surface area (Å²) in [7, 11) is 0. The van der Waals surface area contributed by atoms with Gasteiger partial charge in [-0.2, -0.15) is 0 Å². The number of ether oxygens (including phenoxy) is 1. The Labute approximate surface area is 186 Å². The van der Waals surface area contributed by atoms with Crippen molar-refractivity contribution in [3.05, 3.63) is 24.3 Å². The van der Waals surface area contributed by atoms with Gasteiger partial charge in [0, 0.05) is 36.1 Å². The monoisotopic (exact) mass is 422 g/mol. The molecule has 1 atom stereocenters. The zero-order valence-corrected chi connectivity index (χ0v) is 17.8. The fourth-order valence-electron chi connectivity index (χ4n) is 3.53. The minimum absolute atomic E-state index is 0. The van der Waals surface area contributed by atoms with Gasteiger partial charge in [-0.1, -0.05) is 12.5 Å². The summed E-state index contributed by atoms with van der Waals surface area (Å²) in [6, 6.07) is 4.14. The van der Waals surface area contributed by atoms with E-state index in [9.17, 15) is 32.7 Å². The molecule has 29 heavy (non-hydrogen) atoms. The number of halogens is 3. The van der Waals surface area contributed by atoms with Gasteiger partial charge in [-0.3, -0.25) is 9.59 Å². The Bertz CT molecular complexity index is 798. The number of aliphatic carboxylic acids is 1. The fraction of sp³-hybridized carbons (Fsp3) is 0.500. The molecular weight excluding hydrogens is 404 g/mol. The topological polar surface area (TPSA) is 98.8 Å². The molecule has 2 aliphatic rings. The van der Waals surface area contributed by atoms with Crippen molar-refractivity contribution >= 4 is 23.5 Å². The number of hydrogen-bond acceptors (Lipinski definition) is 5. The summed E-state index contributed by atoms with van der Waals surface area (Å²) in [5.41, 5.74) is -0.956. The smallest absolute Gasteiger partial charge is 0.550 e. The molecule has 152 valence electrons. The first kappa shape index (κ1) is 23.5. The van der Waals surface area contributed by atoms with E-state index in [4.69, 9.17) is 0 Å². The van der Waals surface area contributed by atoms with Gasteiger partial charge in [-0.25, -0.2) is 0 Å². The second kappa shape index (κ2) is 8.93. The summed E-state index contributed by atoms with van der Waals surface area (Å²) in [6.45, 7) is 0.199. The maximum atomic E-state index is 12.5. The average molecular weight is 422 g/mol. The van der Waals surface area contributed by atoms with Crippen molar-refractivity contribution in [3.63, 3.8) is 0 Å². The van der Waals surface area contributed by atoms with E-state index in [-0.39, 0.29) is 54.6 Å². The number of nitrogens with zero attached hydrogens (tertiary/aromatic N) is 1. The van der Waals surface area contributed by atoms with Gasteiger partial charge >= 0.3 is 35.9 Å². The molecule has 1 unspecified atom stereocenters. The number of benzene rings is 1. The summed E-state index contributed by atoms with van der Waals surface area (Å²) >= 11 is 0. The first-order valence-electron chi connectivity index (χ1n) is 8.78. The first-order chi connectivity index (χ1) is 13.1. The molecular formula is C18H18F3N2NaO5. The standard InChI is InChI=1S/C18H19F3N2O5.Na/c19-18(20,21)28-12-4-1-3-11(9-12)23-8-5-13(15(23)25)22-14(24)10-17(16(26)27)6-2-7-17;/h1,3-4,9,13H,2,5-8,10H2,(H,22,24)(H,26,27);/q;+1/p-1. The van der Waals surface area contributed by atoms with Crippen molar-refractivity contribution in [1.29, 1.82) is 0 Å². The van der Waals surface area contributed by atoms with Gasteiger partial charge in [0.05, 0.1) is 0 Å². The van der Waals surface area contributed by atoms with Gasteiger partial charge in [-0.15, -0.1) is 13.2 Å². The van der Waals surface area contributed by atoms with E-state index in [1.807, 2.05) is 0 Å². The predicted octanol–water partition coefficient (Wildman–Crippen LogP) is -1.88. The number of carbonyl (C=O) groups excluding carboxylic acids is 3. The van der Waals surface area contributed by atoms with Crippen molar-refractivity contribution in [1.82, 2.24) is 5.32 Å². The number of anilines is 1. The molecule has 2 fully saturated rings. The normalized spacial score (nSPS) is 20.4. The number of nitrogens with one attached hydrogen (secondary N) is 1. The van der Waals surface area contributed by atoms with Gasteiger partial charge in [-0.05, 0) is 31.4 Å².